The van der Waals surface area contributed by atoms with Crippen molar-refractivity contribution in [3.8, 4) is 11.8 Å². The van der Waals surface area contributed by atoms with Gasteiger partial charge in [0.1, 0.15) is 5.60 Å². The third-order valence-corrected chi connectivity index (χ3v) is 12.5. The third kappa shape index (κ3) is 4.35. The molecule has 5 heteroatoms. The molecule has 41 heavy (non-hydrogen) atoms. The number of fused-ring (bicyclic) bond motifs is 4. The average molecular weight is 560 g/mol. The van der Waals surface area contributed by atoms with E-state index in [1.54, 1.807) is 0 Å². The van der Waals surface area contributed by atoms with E-state index in [0.717, 1.165) is 44.9 Å². The molecule has 4 saturated carbocycles. The molecule has 5 unspecified atom stereocenters. The van der Waals surface area contributed by atoms with Gasteiger partial charge in [-0.3, -0.25) is 0 Å². The van der Waals surface area contributed by atoms with Crippen LogP contribution >= 0.6 is 0 Å². The van der Waals surface area contributed by atoms with Crippen LogP contribution in [0, 0.1) is 29.1 Å². The maximum absolute atomic E-state index is 12.3. The third-order valence-electron chi connectivity index (χ3n) is 12.5. The van der Waals surface area contributed by atoms with E-state index in [1.165, 1.54) is 54.5 Å². The predicted octanol–water partition coefficient (Wildman–Crippen LogP) is 6.48. The first kappa shape index (κ1) is 28.0. The van der Waals surface area contributed by atoms with Gasteiger partial charge in [0.05, 0.1) is 18.8 Å². The summed E-state index contributed by atoms with van der Waals surface area (Å²) in [4.78, 5) is 2.49. The quantitative estimate of drug-likeness (QED) is 0.328. The zero-order valence-corrected chi connectivity index (χ0v) is 25.4. The van der Waals surface area contributed by atoms with Gasteiger partial charge in [0.15, 0.2) is 5.79 Å². The first-order chi connectivity index (χ1) is 19.7. The number of rotatable bonds is 3. The molecular formula is C36H49NO4. The topological polar surface area (TPSA) is 62.2 Å². The molecule has 5 aliphatic carbocycles. The Morgan fingerprint density at radius 1 is 0.927 bits per heavy atom. The Kier molecular flexibility index (Phi) is 6.90. The van der Waals surface area contributed by atoms with Gasteiger partial charge in [-0.15, -0.1) is 5.92 Å². The molecule has 1 heterocycles. The van der Waals surface area contributed by atoms with Gasteiger partial charge in [0, 0.05) is 43.0 Å². The molecule has 5 fully saturated rings. The average Bonchev–Trinajstić information content (AvgIpc) is 3.53. The number of aliphatic hydroxyl groups is 2. The van der Waals surface area contributed by atoms with E-state index in [9.17, 15) is 10.2 Å². The fourth-order valence-corrected chi connectivity index (χ4v) is 10.3. The summed E-state index contributed by atoms with van der Waals surface area (Å²) in [5.74, 6) is 6.65. The summed E-state index contributed by atoms with van der Waals surface area (Å²) in [7, 11) is 2.26. The van der Waals surface area contributed by atoms with Crippen LogP contribution < -0.4 is 4.90 Å². The normalized spacial score (nSPS) is 40.0. The molecule has 1 saturated heterocycles. The van der Waals surface area contributed by atoms with Crippen LogP contribution in [0.3, 0.4) is 0 Å². The maximum Gasteiger partial charge on any atom is 0.171 e. The highest BCUT2D eigenvalue weighted by molar-refractivity contribution is 5.51. The fourth-order valence-electron chi connectivity index (χ4n) is 10.3. The second kappa shape index (κ2) is 10.1. The molecule has 7 rings (SSSR count). The number of hydrogen-bond acceptors (Lipinski definition) is 5. The molecule has 1 aromatic rings. The Bertz CT molecular complexity index is 1250. The Labute approximate surface area is 246 Å². The van der Waals surface area contributed by atoms with Gasteiger partial charge in [0.2, 0.25) is 0 Å². The van der Waals surface area contributed by atoms with E-state index in [-0.39, 0.29) is 11.3 Å². The molecule has 6 aliphatic rings. The van der Waals surface area contributed by atoms with Gasteiger partial charge in [0.25, 0.3) is 0 Å². The second-order valence-corrected chi connectivity index (χ2v) is 14.4. The highest BCUT2D eigenvalue weighted by Gasteiger charge is 2.64. The summed E-state index contributed by atoms with van der Waals surface area (Å²) in [6, 6.07) is 9.94. The van der Waals surface area contributed by atoms with E-state index in [4.69, 9.17) is 9.47 Å². The van der Waals surface area contributed by atoms with E-state index in [0.29, 0.717) is 37.5 Å². The minimum atomic E-state index is -0.960. The molecule has 1 aromatic carbocycles. The first-order valence-electron chi connectivity index (χ1n) is 16.4. The summed E-state index contributed by atoms with van der Waals surface area (Å²) in [5, 5.41) is 24.3. The first-order valence-corrected chi connectivity index (χ1v) is 16.4. The number of allylic oxidation sites excluding steroid dienone is 1. The minimum Gasteiger partial charge on any atom is -0.385 e. The lowest BCUT2D eigenvalue weighted by Crippen LogP contribution is -2.55. The summed E-state index contributed by atoms with van der Waals surface area (Å²) in [5.41, 5.74) is 3.21. The van der Waals surface area contributed by atoms with Crippen molar-refractivity contribution in [1.82, 2.24) is 0 Å². The molecule has 1 aliphatic heterocycles. The van der Waals surface area contributed by atoms with Crippen molar-refractivity contribution < 1.29 is 19.7 Å². The van der Waals surface area contributed by atoms with Gasteiger partial charge in [-0.2, -0.15) is 0 Å². The van der Waals surface area contributed by atoms with Crippen LogP contribution in [-0.4, -0.2) is 53.5 Å². The second-order valence-electron chi connectivity index (χ2n) is 14.4. The number of benzene rings is 1. The predicted molar refractivity (Wildman–Crippen MR) is 161 cm³/mol. The van der Waals surface area contributed by atoms with Crippen LogP contribution in [-0.2, 0) is 9.47 Å². The molecule has 2 N–H and O–H groups in total. The van der Waals surface area contributed by atoms with Gasteiger partial charge in [-0.05, 0) is 93.4 Å². The fraction of sp³-hybridized carbons (Fsp3) is 0.722. The molecule has 0 radical (unpaired) electrons. The SMILES string of the molecule is CC#CC1(O)CCC2C3CC[C@@]4(O)CC5(CCC4=C3C(c3ccc(N(C)C4CCCCC4)cc3)CC21C)OCCO5. The zero-order chi connectivity index (χ0) is 28.5. The summed E-state index contributed by atoms with van der Waals surface area (Å²) in [6.45, 7) is 5.40. The van der Waals surface area contributed by atoms with Crippen molar-refractivity contribution >= 4 is 5.69 Å². The van der Waals surface area contributed by atoms with Crippen LogP contribution in [0.4, 0.5) is 5.69 Å². The van der Waals surface area contributed by atoms with Crippen molar-refractivity contribution in [1.29, 1.82) is 0 Å². The van der Waals surface area contributed by atoms with Crippen molar-refractivity contribution in [3.63, 3.8) is 0 Å². The zero-order valence-electron chi connectivity index (χ0n) is 25.4. The van der Waals surface area contributed by atoms with Gasteiger partial charge < -0.3 is 24.6 Å². The standard InChI is InChI=1S/C36H49NO4/c1-4-17-35(39)19-15-30-28-14-18-34(38)24-36(40-21-22-41-36)20-16-31(34)32(28)29(23-33(30,35)2)25-10-12-27(13-11-25)37(3)26-8-6-5-7-9-26/h10-13,26,28-30,38-39H,5-9,14-16,18-24H2,1-3H3/t28?,29?,30?,33?,34-,35?/m1/s1. The van der Waals surface area contributed by atoms with Gasteiger partial charge >= 0.3 is 0 Å². The molecule has 0 aromatic heterocycles. The molecular weight excluding hydrogens is 510 g/mol. The number of ether oxygens (including phenoxy) is 2. The lowest BCUT2D eigenvalue weighted by Gasteiger charge is -2.57. The molecule has 0 amide bonds. The summed E-state index contributed by atoms with van der Waals surface area (Å²) in [6.07, 6.45) is 13.0. The summed E-state index contributed by atoms with van der Waals surface area (Å²) < 4.78 is 12.2. The lowest BCUT2D eigenvalue weighted by atomic mass is 9.49. The Hall–Kier alpha value is -1.84. The summed E-state index contributed by atoms with van der Waals surface area (Å²) >= 11 is 0. The van der Waals surface area contributed by atoms with Gasteiger partial charge in [-0.1, -0.05) is 49.8 Å². The van der Waals surface area contributed by atoms with Gasteiger partial charge in [-0.25, -0.2) is 0 Å². The number of nitrogens with zero attached hydrogens (tertiary/aromatic N) is 1. The van der Waals surface area contributed by atoms with Crippen LogP contribution in [0.15, 0.2) is 35.4 Å². The van der Waals surface area contributed by atoms with Crippen LogP contribution in [0.25, 0.3) is 0 Å². The van der Waals surface area contributed by atoms with E-state index in [1.807, 2.05) is 6.92 Å². The molecule has 0 bridgehead atoms. The number of anilines is 1. The lowest BCUT2D eigenvalue weighted by molar-refractivity contribution is -0.208. The minimum absolute atomic E-state index is 0.167. The van der Waals surface area contributed by atoms with Crippen LogP contribution in [0.2, 0.25) is 0 Å². The van der Waals surface area contributed by atoms with Crippen LogP contribution in [0.1, 0.15) is 109 Å². The van der Waals surface area contributed by atoms with E-state index in [2.05, 4.69) is 55.0 Å². The molecule has 1 spiro atoms. The molecule has 5 nitrogen and oxygen atoms in total. The monoisotopic (exact) mass is 559 g/mol. The van der Waals surface area contributed by atoms with Crippen molar-refractivity contribution in [3.05, 3.63) is 41.0 Å². The smallest absolute Gasteiger partial charge is 0.171 e. The van der Waals surface area contributed by atoms with Crippen LogP contribution in [0.5, 0.6) is 0 Å². The highest BCUT2D eigenvalue weighted by Crippen LogP contribution is 2.67. The van der Waals surface area contributed by atoms with E-state index >= 15 is 0 Å². The van der Waals surface area contributed by atoms with Crippen molar-refractivity contribution in [2.24, 2.45) is 17.3 Å². The van der Waals surface area contributed by atoms with E-state index < -0.39 is 17.0 Å². The largest absolute Gasteiger partial charge is 0.385 e. The molecule has 6 atom stereocenters. The number of hydrogen-bond donors (Lipinski definition) is 2. The molecule has 222 valence electrons. The Morgan fingerprint density at radius 2 is 1.66 bits per heavy atom. The Morgan fingerprint density at radius 3 is 2.37 bits per heavy atom. The maximum atomic E-state index is 12.3. The Balaban J connectivity index is 1.29. The van der Waals surface area contributed by atoms with Crippen molar-refractivity contribution in [2.45, 2.75) is 126 Å². The van der Waals surface area contributed by atoms with Crippen molar-refractivity contribution in [2.75, 3.05) is 25.2 Å². The highest BCUT2D eigenvalue weighted by atomic mass is 16.7.